The molecule has 19 heavy (non-hydrogen) atoms. The predicted molar refractivity (Wildman–Crippen MR) is 68.1 cm³/mol. The second-order valence-corrected chi connectivity index (χ2v) is 5.10. The molecule has 0 radical (unpaired) electrons. The highest BCUT2D eigenvalue weighted by Gasteiger charge is 2.18. The summed E-state index contributed by atoms with van der Waals surface area (Å²) in [5.41, 5.74) is 0.377. The third kappa shape index (κ3) is 2.88. The molecule has 2 heterocycles. The molecule has 0 amide bonds. The quantitative estimate of drug-likeness (QED) is 0.765. The lowest BCUT2D eigenvalue weighted by molar-refractivity contribution is -0.155. The number of hydrogen-bond acceptors (Lipinski definition) is 5. The number of esters is 1. The molecule has 0 bridgehead atoms. The molecule has 0 saturated carbocycles. The summed E-state index contributed by atoms with van der Waals surface area (Å²) in [4.78, 5) is 15.8. The summed E-state index contributed by atoms with van der Waals surface area (Å²) in [5.74, 6) is -0.398. The van der Waals surface area contributed by atoms with Gasteiger partial charge in [0.1, 0.15) is 18.2 Å². The van der Waals surface area contributed by atoms with E-state index in [1.54, 1.807) is 39.2 Å². The highest BCUT2D eigenvalue weighted by molar-refractivity contribution is 5.84. The van der Waals surface area contributed by atoms with Gasteiger partial charge in [0.05, 0.1) is 11.7 Å². The van der Waals surface area contributed by atoms with E-state index in [9.17, 15) is 4.79 Å². The fourth-order valence-electron chi connectivity index (χ4n) is 1.72. The van der Waals surface area contributed by atoms with E-state index in [4.69, 9.17) is 10.00 Å². The van der Waals surface area contributed by atoms with Crippen molar-refractivity contribution in [2.24, 2.45) is 0 Å². The zero-order valence-electron chi connectivity index (χ0n) is 11.0. The molecule has 98 valence electrons. The summed E-state index contributed by atoms with van der Waals surface area (Å²) in [6.07, 6.45) is 3.16. The minimum Gasteiger partial charge on any atom is -0.459 e. The van der Waals surface area contributed by atoms with Crippen LogP contribution in [0.4, 0.5) is 0 Å². The molecule has 2 rings (SSSR count). The molecule has 0 aliphatic rings. The molecule has 0 aliphatic carbocycles. The Labute approximate surface area is 110 Å². The lowest BCUT2D eigenvalue weighted by atomic mass is 10.2. The number of rotatable bonds is 2. The fraction of sp³-hybridized carbons (Fsp3) is 0.385. The average molecular weight is 258 g/mol. The monoisotopic (exact) mass is 258 g/mol. The van der Waals surface area contributed by atoms with Crippen molar-refractivity contribution in [2.45, 2.75) is 32.9 Å². The van der Waals surface area contributed by atoms with Gasteiger partial charge in [-0.1, -0.05) is 0 Å². The van der Waals surface area contributed by atoms with Crippen molar-refractivity contribution < 1.29 is 9.53 Å². The number of aromatic nitrogens is 3. The number of carbonyl (C=O) groups is 1. The van der Waals surface area contributed by atoms with Gasteiger partial charge in [-0.25, -0.2) is 0 Å². The van der Waals surface area contributed by atoms with E-state index in [0.29, 0.717) is 10.9 Å². The van der Waals surface area contributed by atoms with Gasteiger partial charge >= 0.3 is 5.97 Å². The van der Waals surface area contributed by atoms with Crippen molar-refractivity contribution in [1.29, 1.82) is 5.26 Å². The average Bonchev–Trinajstić information content (AvgIpc) is 2.65. The smallest absolute Gasteiger partial charge is 0.328 e. The van der Waals surface area contributed by atoms with E-state index < -0.39 is 11.6 Å². The molecule has 0 saturated heterocycles. The lowest BCUT2D eigenvalue weighted by Gasteiger charge is -2.19. The Morgan fingerprint density at radius 2 is 2.26 bits per heavy atom. The second-order valence-electron chi connectivity index (χ2n) is 5.10. The summed E-state index contributed by atoms with van der Waals surface area (Å²) >= 11 is 0. The minimum absolute atomic E-state index is 0.0405. The zero-order valence-corrected chi connectivity index (χ0v) is 11.0. The number of fused-ring (bicyclic) bond motifs is 1. The Morgan fingerprint density at radius 1 is 1.53 bits per heavy atom. The van der Waals surface area contributed by atoms with Gasteiger partial charge in [0.15, 0.2) is 5.69 Å². The van der Waals surface area contributed by atoms with Gasteiger partial charge in [-0.2, -0.15) is 10.4 Å². The molecule has 6 heteroatoms. The summed E-state index contributed by atoms with van der Waals surface area (Å²) in [6, 6.07) is 3.70. The Morgan fingerprint density at radius 3 is 2.89 bits per heavy atom. The molecule has 2 aromatic heterocycles. The number of hydrogen-bond donors (Lipinski definition) is 0. The highest BCUT2D eigenvalue weighted by Crippen LogP contribution is 2.17. The third-order valence-corrected chi connectivity index (χ3v) is 2.36. The minimum atomic E-state index is -0.545. The Bertz CT molecular complexity index is 661. The molecule has 0 unspecified atom stereocenters. The number of nitriles is 1. The second kappa shape index (κ2) is 4.69. The van der Waals surface area contributed by atoms with E-state index in [1.807, 2.05) is 6.07 Å². The van der Waals surface area contributed by atoms with E-state index in [-0.39, 0.29) is 12.2 Å². The molecule has 6 nitrogen and oxygen atoms in total. The van der Waals surface area contributed by atoms with Crippen molar-refractivity contribution in [3.63, 3.8) is 0 Å². The topological polar surface area (TPSA) is 80.8 Å². The molecular formula is C13H14N4O2. The molecular weight excluding hydrogens is 244 g/mol. The van der Waals surface area contributed by atoms with Gasteiger partial charge < -0.3 is 4.74 Å². The third-order valence-electron chi connectivity index (χ3n) is 2.36. The van der Waals surface area contributed by atoms with Crippen LogP contribution in [-0.2, 0) is 16.1 Å². The first-order valence-corrected chi connectivity index (χ1v) is 5.83. The highest BCUT2D eigenvalue weighted by atomic mass is 16.6. The predicted octanol–water partition coefficient (Wildman–Crippen LogP) is 1.64. The van der Waals surface area contributed by atoms with Crippen LogP contribution in [0.15, 0.2) is 18.5 Å². The van der Waals surface area contributed by atoms with Crippen LogP contribution < -0.4 is 0 Å². The number of nitrogens with zero attached hydrogens (tertiary/aromatic N) is 4. The van der Waals surface area contributed by atoms with Gasteiger partial charge in [-0.3, -0.25) is 14.5 Å². The van der Waals surface area contributed by atoms with Gasteiger partial charge in [0.2, 0.25) is 0 Å². The van der Waals surface area contributed by atoms with Crippen molar-refractivity contribution in [1.82, 2.24) is 14.8 Å². The van der Waals surface area contributed by atoms with Crippen molar-refractivity contribution >= 4 is 16.9 Å². The Hall–Kier alpha value is -2.42. The maximum absolute atomic E-state index is 11.8. The standard InChI is InChI=1S/C13H14N4O2/c1-13(2,3)19-12(18)8-17-11-7-15-5-4-9(11)10(6-14)16-17/h4-5,7H,8H2,1-3H3. The molecule has 0 atom stereocenters. The zero-order chi connectivity index (χ0) is 14.0. The van der Waals surface area contributed by atoms with Gasteiger partial charge in [0.25, 0.3) is 0 Å². The number of ether oxygens (including phenoxy) is 1. The number of carbonyl (C=O) groups excluding carboxylic acids is 1. The molecule has 0 N–H and O–H groups in total. The lowest BCUT2D eigenvalue weighted by Crippen LogP contribution is -2.26. The van der Waals surface area contributed by atoms with Crippen molar-refractivity contribution in [3.05, 3.63) is 24.2 Å². The summed E-state index contributed by atoms with van der Waals surface area (Å²) in [7, 11) is 0. The first-order valence-electron chi connectivity index (χ1n) is 5.83. The van der Waals surface area contributed by atoms with Gasteiger partial charge in [-0.05, 0) is 26.8 Å². The first-order chi connectivity index (χ1) is 8.90. The van der Waals surface area contributed by atoms with Crippen LogP contribution in [0.1, 0.15) is 26.5 Å². The fourth-order valence-corrected chi connectivity index (χ4v) is 1.72. The maximum Gasteiger partial charge on any atom is 0.328 e. The van der Waals surface area contributed by atoms with Crippen LogP contribution in [0, 0.1) is 11.3 Å². The van der Waals surface area contributed by atoms with Crippen LogP contribution in [0.5, 0.6) is 0 Å². The van der Waals surface area contributed by atoms with Crippen LogP contribution in [0.25, 0.3) is 10.9 Å². The van der Waals surface area contributed by atoms with Crippen LogP contribution in [-0.4, -0.2) is 26.3 Å². The van der Waals surface area contributed by atoms with Gasteiger partial charge in [-0.15, -0.1) is 0 Å². The molecule has 0 fully saturated rings. The van der Waals surface area contributed by atoms with Crippen LogP contribution in [0.2, 0.25) is 0 Å². The van der Waals surface area contributed by atoms with Crippen LogP contribution >= 0.6 is 0 Å². The molecule has 0 aromatic carbocycles. The summed E-state index contributed by atoms with van der Waals surface area (Å²) < 4.78 is 6.67. The summed E-state index contributed by atoms with van der Waals surface area (Å²) in [6.45, 7) is 5.36. The number of pyridine rings is 1. The van der Waals surface area contributed by atoms with Gasteiger partial charge in [0, 0.05) is 11.6 Å². The molecule has 0 spiro atoms. The largest absolute Gasteiger partial charge is 0.459 e. The molecule has 0 aliphatic heterocycles. The molecule has 2 aromatic rings. The van der Waals surface area contributed by atoms with E-state index in [1.165, 1.54) is 4.68 Å². The van der Waals surface area contributed by atoms with Crippen LogP contribution in [0.3, 0.4) is 0 Å². The van der Waals surface area contributed by atoms with E-state index >= 15 is 0 Å². The SMILES string of the molecule is CC(C)(C)OC(=O)Cn1nc(C#N)c2ccncc21. The Kier molecular flexibility index (Phi) is 3.21. The normalized spacial score (nSPS) is 11.3. The first kappa shape index (κ1) is 13.0. The summed E-state index contributed by atoms with van der Waals surface area (Å²) in [5, 5.41) is 13.8. The van der Waals surface area contributed by atoms with E-state index in [0.717, 1.165) is 0 Å². The van der Waals surface area contributed by atoms with Crippen molar-refractivity contribution in [2.75, 3.05) is 0 Å². The van der Waals surface area contributed by atoms with Crippen molar-refractivity contribution in [3.8, 4) is 6.07 Å². The Balaban J connectivity index is 2.32. The van der Waals surface area contributed by atoms with E-state index in [2.05, 4.69) is 10.1 Å². The maximum atomic E-state index is 11.8.